The third-order valence-corrected chi connectivity index (χ3v) is 4.67. The third-order valence-electron chi connectivity index (χ3n) is 3.54. The van der Waals surface area contributed by atoms with E-state index in [-0.39, 0.29) is 11.5 Å². The Bertz CT molecular complexity index is 929. The fourth-order valence-corrected chi connectivity index (χ4v) is 2.83. The molecule has 1 aromatic heterocycles. The normalized spacial score (nSPS) is 11.4. The van der Waals surface area contributed by atoms with E-state index in [9.17, 15) is 8.42 Å². The summed E-state index contributed by atoms with van der Waals surface area (Å²) in [7, 11) is -3.20. The predicted octanol–water partition coefficient (Wildman–Crippen LogP) is 3.63. The molecular formula is C18H17NO4S. The van der Waals surface area contributed by atoms with Gasteiger partial charge in [-0.15, -0.1) is 0 Å². The van der Waals surface area contributed by atoms with E-state index in [4.69, 9.17) is 9.15 Å². The van der Waals surface area contributed by atoms with Gasteiger partial charge in [0.15, 0.2) is 9.84 Å². The first-order valence-electron chi connectivity index (χ1n) is 7.38. The summed E-state index contributed by atoms with van der Waals surface area (Å²) in [4.78, 5) is 4.73. The molecule has 0 atom stereocenters. The Balaban J connectivity index is 1.72. The van der Waals surface area contributed by atoms with Crippen molar-refractivity contribution in [1.29, 1.82) is 0 Å². The molecule has 24 heavy (non-hydrogen) atoms. The number of nitrogens with zero attached hydrogens (tertiary/aromatic N) is 1. The molecule has 0 unspecified atom stereocenters. The molecule has 0 saturated carbocycles. The minimum absolute atomic E-state index is 0.250. The highest BCUT2D eigenvalue weighted by atomic mass is 32.2. The van der Waals surface area contributed by atoms with Gasteiger partial charge in [-0.2, -0.15) is 0 Å². The Morgan fingerprint density at radius 1 is 1.04 bits per heavy atom. The van der Waals surface area contributed by atoms with Crippen molar-refractivity contribution in [3.63, 3.8) is 0 Å². The van der Waals surface area contributed by atoms with E-state index in [0.29, 0.717) is 23.1 Å². The second-order valence-electron chi connectivity index (χ2n) is 5.42. The number of ether oxygens (including phenoxy) is 1. The number of rotatable bonds is 5. The number of hydrogen-bond acceptors (Lipinski definition) is 5. The van der Waals surface area contributed by atoms with Crippen LogP contribution in [0.15, 0.2) is 63.9 Å². The Morgan fingerprint density at radius 3 is 2.33 bits per heavy atom. The van der Waals surface area contributed by atoms with Gasteiger partial charge in [0, 0.05) is 11.8 Å². The van der Waals surface area contributed by atoms with Gasteiger partial charge >= 0.3 is 0 Å². The van der Waals surface area contributed by atoms with Crippen LogP contribution in [0.5, 0.6) is 5.75 Å². The van der Waals surface area contributed by atoms with Crippen LogP contribution in [0.25, 0.3) is 11.5 Å². The molecule has 5 nitrogen and oxygen atoms in total. The lowest BCUT2D eigenvalue weighted by Gasteiger charge is -2.05. The summed E-state index contributed by atoms with van der Waals surface area (Å²) in [6, 6.07) is 15.9. The molecule has 0 radical (unpaired) electrons. The summed E-state index contributed by atoms with van der Waals surface area (Å²) < 4.78 is 34.2. The van der Waals surface area contributed by atoms with Gasteiger partial charge in [-0.1, -0.05) is 18.2 Å². The molecule has 0 amide bonds. The van der Waals surface area contributed by atoms with Gasteiger partial charge in [-0.05, 0) is 43.3 Å². The SMILES string of the molecule is Cc1oc(-c2ccccc2)nc1COc1ccc(S(C)(=O)=O)cc1. The Labute approximate surface area is 140 Å². The largest absolute Gasteiger partial charge is 0.487 e. The molecular weight excluding hydrogens is 326 g/mol. The Hall–Kier alpha value is -2.60. The smallest absolute Gasteiger partial charge is 0.226 e. The summed E-state index contributed by atoms with van der Waals surface area (Å²) >= 11 is 0. The molecule has 0 spiro atoms. The van der Waals surface area contributed by atoms with Crippen LogP contribution in [0, 0.1) is 6.92 Å². The fraction of sp³-hybridized carbons (Fsp3) is 0.167. The lowest BCUT2D eigenvalue weighted by molar-refractivity contribution is 0.299. The van der Waals surface area contributed by atoms with Gasteiger partial charge in [0.25, 0.3) is 0 Å². The Kier molecular flexibility index (Phi) is 4.40. The molecule has 6 heteroatoms. The second kappa shape index (κ2) is 6.49. The quantitative estimate of drug-likeness (QED) is 0.707. The highest BCUT2D eigenvalue weighted by Crippen LogP contribution is 2.23. The molecule has 3 aromatic rings. The molecule has 0 aliphatic heterocycles. The van der Waals surface area contributed by atoms with Crippen molar-refractivity contribution in [2.45, 2.75) is 18.4 Å². The van der Waals surface area contributed by atoms with Crippen LogP contribution in [0.3, 0.4) is 0 Å². The standard InChI is InChI=1S/C18H17NO4S/c1-13-17(19-18(23-13)14-6-4-3-5-7-14)12-22-15-8-10-16(11-9-15)24(2,20)21/h3-11H,12H2,1-2H3. The van der Waals surface area contributed by atoms with Crippen molar-refractivity contribution in [3.05, 3.63) is 66.1 Å². The highest BCUT2D eigenvalue weighted by Gasteiger charge is 2.12. The van der Waals surface area contributed by atoms with Crippen molar-refractivity contribution in [3.8, 4) is 17.2 Å². The van der Waals surface area contributed by atoms with Crippen LogP contribution in [-0.4, -0.2) is 19.7 Å². The number of sulfone groups is 1. The van der Waals surface area contributed by atoms with E-state index in [2.05, 4.69) is 4.98 Å². The number of hydrogen-bond donors (Lipinski definition) is 0. The molecule has 124 valence electrons. The summed E-state index contributed by atoms with van der Waals surface area (Å²) in [5, 5.41) is 0. The van der Waals surface area contributed by atoms with Gasteiger partial charge in [0.1, 0.15) is 23.8 Å². The molecule has 0 N–H and O–H groups in total. The number of oxazole rings is 1. The molecule has 3 rings (SSSR count). The molecule has 0 saturated heterocycles. The second-order valence-corrected chi connectivity index (χ2v) is 7.44. The van der Waals surface area contributed by atoms with E-state index in [1.807, 2.05) is 37.3 Å². The van der Waals surface area contributed by atoms with E-state index >= 15 is 0 Å². The van der Waals surface area contributed by atoms with Gasteiger partial charge in [0.2, 0.25) is 5.89 Å². The molecule has 2 aromatic carbocycles. The van der Waals surface area contributed by atoms with Crippen molar-refractivity contribution in [2.75, 3.05) is 6.26 Å². The average molecular weight is 343 g/mol. The minimum atomic E-state index is -3.20. The first-order chi connectivity index (χ1) is 11.4. The van der Waals surface area contributed by atoms with Crippen molar-refractivity contribution < 1.29 is 17.6 Å². The zero-order valence-electron chi connectivity index (χ0n) is 13.4. The number of benzene rings is 2. The Morgan fingerprint density at radius 2 is 1.71 bits per heavy atom. The van der Waals surface area contributed by atoms with Crippen LogP contribution < -0.4 is 4.74 Å². The monoisotopic (exact) mass is 343 g/mol. The van der Waals surface area contributed by atoms with E-state index in [0.717, 1.165) is 5.56 Å². The van der Waals surface area contributed by atoms with Crippen LogP contribution in [0.4, 0.5) is 0 Å². The van der Waals surface area contributed by atoms with Crippen molar-refractivity contribution in [1.82, 2.24) is 4.98 Å². The van der Waals surface area contributed by atoms with E-state index in [1.165, 1.54) is 18.4 Å². The third kappa shape index (κ3) is 3.65. The predicted molar refractivity (Wildman–Crippen MR) is 90.6 cm³/mol. The van der Waals surface area contributed by atoms with Gasteiger partial charge in [-0.3, -0.25) is 0 Å². The maximum atomic E-state index is 11.4. The number of aromatic nitrogens is 1. The maximum Gasteiger partial charge on any atom is 0.226 e. The molecule has 1 heterocycles. The fourth-order valence-electron chi connectivity index (χ4n) is 2.20. The zero-order valence-corrected chi connectivity index (χ0v) is 14.2. The summed E-state index contributed by atoms with van der Waals surface area (Å²) in [6.07, 6.45) is 1.17. The first kappa shape index (κ1) is 16.3. The molecule has 0 fully saturated rings. The topological polar surface area (TPSA) is 69.4 Å². The summed E-state index contributed by atoms with van der Waals surface area (Å²) in [6.45, 7) is 2.09. The van der Waals surface area contributed by atoms with Crippen LogP contribution in [0.2, 0.25) is 0 Å². The van der Waals surface area contributed by atoms with Crippen molar-refractivity contribution in [2.24, 2.45) is 0 Å². The molecule has 0 aliphatic carbocycles. The van der Waals surface area contributed by atoms with Crippen molar-refractivity contribution >= 4 is 9.84 Å². The summed E-state index contributed by atoms with van der Waals surface area (Å²) in [5.74, 6) is 1.83. The molecule has 0 bridgehead atoms. The first-order valence-corrected chi connectivity index (χ1v) is 9.27. The number of aryl methyl sites for hydroxylation is 1. The highest BCUT2D eigenvalue weighted by molar-refractivity contribution is 7.90. The van der Waals surface area contributed by atoms with Crippen LogP contribution in [0.1, 0.15) is 11.5 Å². The minimum Gasteiger partial charge on any atom is -0.487 e. The van der Waals surface area contributed by atoms with E-state index < -0.39 is 9.84 Å². The maximum absolute atomic E-state index is 11.4. The summed E-state index contributed by atoms with van der Waals surface area (Å²) in [5.41, 5.74) is 1.62. The zero-order chi connectivity index (χ0) is 17.2. The van der Waals surface area contributed by atoms with Gasteiger partial charge in [0.05, 0.1) is 4.90 Å². The molecule has 0 aliphatic rings. The van der Waals surface area contributed by atoms with E-state index in [1.54, 1.807) is 12.1 Å². The van der Waals surface area contributed by atoms with Crippen LogP contribution >= 0.6 is 0 Å². The lowest BCUT2D eigenvalue weighted by atomic mass is 10.2. The van der Waals surface area contributed by atoms with Crippen LogP contribution in [-0.2, 0) is 16.4 Å². The average Bonchev–Trinajstić information content (AvgIpc) is 2.94. The lowest BCUT2D eigenvalue weighted by Crippen LogP contribution is -1.99. The van der Waals surface area contributed by atoms with Gasteiger partial charge in [-0.25, -0.2) is 13.4 Å². The van der Waals surface area contributed by atoms with Gasteiger partial charge < -0.3 is 9.15 Å².